The first-order valence-electron chi connectivity index (χ1n) is 10.3. The van der Waals surface area contributed by atoms with Crippen molar-refractivity contribution in [2.24, 2.45) is 5.41 Å². The molecule has 1 amide bonds. The number of pyridine rings is 1. The van der Waals surface area contributed by atoms with E-state index in [9.17, 15) is 18.0 Å². The Kier molecular flexibility index (Phi) is 6.21. The smallest absolute Gasteiger partial charge is 0.416 e. The number of carbonyl (C=O) groups is 1. The van der Waals surface area contributed by atoms with Crippen LogP contribution in [0.2, 0.25) is 0 Å². The third-order valence-electron chi connectivity index (χ3n) is 5.08. The summed E-state index contributed by atoms with van der Waals surface area (Å²) in [6, 6.07) is 6.04. The molecule has 31 heavy (non-hydrogen) atoms. The van der Waals surface area contributed by atoms with E-state index in [2.05, 4.69) is 10.3 Å². The van der Waals surface area contributed by atoms with Crippen molar-refractivity contribution < 1.29 is 22.7 Å². The second-order valence-corrected chi connectivity index (χ2v) is 9.08. The number of fused-ring (bicyclic) bond motifs is 1. The van der Waals surface area contributed by atoms with Gasteiger partial charge in [-0.2, -0.15) is 13.2 Å². The van der Waals surface area contributed by atoms with Gasteiger partial charge in [0.2, 0.25) is 0 Å². The molecule has 0 aliphatic carbocycles. The standard InChI is InChI=1S/C23H28F3N3O2/c1-14-12-19(27-15(2)20(14)28-21(30)31-13-22(3,4)5)29-11-7-8-16-17(23(24,25)26)9-6-10-18(16)29/h6,9-10,12H,7-8,11,13H2,1-5H3,(H,28,30). The van der Waals surface area contributed by atoms with Crippen molar-refractivity contribution in [3.63, 3.8) is 0 Å². The average molecular weight is 435 g/mol. The lowest BCUT2D eigenvalue weighted by atomic mass is 9.95. The molecule has 2 heterocycles. The molecule has 0 bridgehead atoms. The number of halogens is 3. The fourth-order valence-corrected chi connectivity index (χ4v) is 3.69. The quantitative estimate of drug-likeness (QED) is 0.606. The molecule has 0 saturated carbocycles. The van der Waals surface area contributed by atoms with Crippen LogP contribution in [0.15, 0.2) is 24.3 Å². The number of nitrogens with zero attached hydrogens (tertiary/aromatic N) is 2. The molecule has 1 aromatic carbocycles. The number of benzene rings is 1. The van der Waals surface area contributed by atoms with Gasteiger partial charge < -0.3 is 9.64 Å². The van der Waals surface area contributed by atoms with Gasteiger partial charge in [-0.25, -0.2) is 9.78 Å². The van der Waals surface area contributed by atoms with Crippen molar-refractivity contribution in [1.29, 1.82) is 0 Å². The lowest BCUT2D eigenvalue weighted by Crippen LogP contribution is -2.28. The normalized spacial score (nSPS) is 14.3. The van der Waals surface area contributed by atoms with Crippen molar-refractivity contribution in [3.05, 3.63) is 46.6 Å². The van der Waals surface area contributed by atoms with Crippen molar-refractivity contribution in [3.8, 4) is 0 Å². The number of aryl methyl sites for hydroxylation is 2. The Labute approximate surface area is 180 Å². The van der Waals surface area contributed by atoms with Gasteiger partial charge in [0.05, 0.1) is 23.6 Å². The van der Waals surface area contributed by atoms with Crippen molar-refractivity contribution >= 4 is 23.3 Å². The predicted molar refractivity (Wildman–Crippen MR) is 115 cm³/mol. The van der Waals surface area contributed by atoms with Crippen molar-refractivity contribution in [1.82, 2.24) is 4.98 Å². The maximum atomic E-state index is 13.5. The Morgan fingerprint density at radius 2 is 1.94 bits per heavy atom. The van der Waals surface area contributed by atoms with Crippen LogP contribution in [0.25, 0.3) is 0 Å². The lowest BCUT2D eigenvalue weighted by Gasteiger charge is -2.32. The monoisotopic (exact) mass is 435 g/mol. The van der Waals surface area contributed by atoms with Crippen LogP contribution in [0.3, 0.4) is 0 Å². The summed E-state index contributed by atoms with van der Waals surface area (Å²) in [6.07, 6.45) is -3.99. The van der Waals surface area contributed by atoms with E-state index in [1.165, 1.54) is 6.07 Å². The zero-order chi connectivity index (χ0) is 23.0. The molecule has 2 aromatic rings. The Morgan fingerprint density at radius 3 is 2.55 bits per heavy atom. The van der Waals surface area contributed by atoms with Gasteiger partial charge >= 0.3 is 12.3 Å². The average Bonchev–Trinajstić information content (AvgIpc) is 2.66. The van der Waals surface area contributed by atoms with E-state index >= 15 is 0 Å². The summed E-state index contributed by atoms with van der Waals surface area (Å²) in [6.45, 7) is 10.3. The molecule has 3 rings (SSSR count). The number of ether oxygens (including phenoxy) is 1. The second kappa shape index (κ2) is 8.40. The summed E-state index contributed by atoms with van der Waals surface area (Å²) in [5.41, 5.74) is 1.95. The van der Waals surface area contributed by atoms with E-state index in [4.69, 9.17) is 4.74 Å². The zero-order valence-corrected chi connectivity index (χ0v) is 18.5. The van der Waals surface area contributed by atoms with Crippen LogP contribution in [0, 0.1) is 19.3 Å². The molecule has 0 spiro atoms. The van der Waals surface area contributed by atoms with Gasteiger partial charge in [-0.15, -0.1) is 0 Å². The maximum absolute atomic E-state index is 13.5. The second-order valence-electron chi connectivity index (χ2n) is 9.08. The van der Waals surface area contributed by atoms with Gasteiger partial charge in [0.15, 0.2) is 0 Å². The van der Waals surface area contributed by atoms with Crippen LogP contribution < -0.4 is 10.2 Å². The number of anilines is 3. The van der Waals surface area contributed by atoms with Crippen LogP contribution in [0.5, 0.6) is 0 Å². The largest absolute Gasteiger partial charge is 0.449 e. The Bertz CT molecular complexity index is 958. The minimum absolute atomic E-state index is 0.152. The van der Waals surface area contributed by atoms with Crippen LogP contribution in [-0.2, 0) is 17.3 Å². The molecule has 168 valence electrons. The number of carbonyl (C=O) groups excluding carboxylic acids is 1. The van der Waals surface area contributed by atoms with Gasteiger partial charge in [0.1, 0.15) is 5.82 Å². The highest BCUT2D eigenvalue weighted by Gasteiger charge is 2.36. The fourth-order valence-electron chi connectivity index (χ4n) is 3.69. The van der Waals surface area contributed by atoms with E-state index in [0.29, 0.717) is 47.8 Å². The molecule has 0 atom stereocenters. The number of hydrogen-bond acceptors (Lipinski definition) is 4. The number of nitrogens with one attached hydrogen (secondary N) is 1. The number of rotatable bonds is 3. The van der Waals surface area contributed by atoms with Crippen LogP contribution in [0.1, 0.15) is 49.6 Å². The molecule has 1 aliphatic rings. The van der Waals surface area contributed by atoms with E-state index in [0.717, 1.165) is 11.6 Å². The maximum Gasteiger partial charge on any atom is 0.416 e. The van der Waals surface area contributed by atoms with Gasteiger partial charge in [0.25, 0.3) is 0 Å². The molecule has 0 saturated heterocycles. The summed E-state index contributed by atoms with van der Waals surface area (Å²) in [7, 11) is 0. The number of amides is 1. The van der Waals surface area contributed by atoms with Crippen molar-refractivity contribution in [2.75, 3.05) is 23.4 Å². The molecule has 5 nitrogen and oxygen atoms in total. The molecule has 1 aliphatic heterocycles. The Balaban J connectivity index is 1.89. The van der Waals surface area contributed by atoms with E-state index in [1.54, 1.807) is 19.1 Å². The third kappa shape index (κ3) is 5.29. The van der Waals surface area contributed by atoms with Crippen LogP contribution >= 0.6 is 0 Å². The number of hydrogen-bond donors (Lipinski definition) is 1. The van der Waals surface area contributed by atoms with E-state index in [-0.39, 0.29) is 12.0 Å². The van der Waals surface area contributed by atoms with Gasteiger partial charge in [-0.05, 0) is 61.4 Å². The topological polar surface area (TPSA) is 54.5 Å². The zero-order valence-electron chi connectivity index (χ0n) is 18.5. The summed E-state index contributed by atoms with van der Waals surface area (Å²) < 4.78 is 45.6. The lowest BCUT2D eigenvalue weighted by molar-refractivity contribution is -0.138. The van der Waals surface area contributed by atoms with E-state index in [1.807, 2.05) is 32.6 Å². The van der Waals surface area contributed by atoms with Gasteiger partial charge in [-0.1, -0.05) is 26.8 Å². The van der Waals surface area contributed by atoms with Crippen LogP contribution in [0.4, 0.5) is 35.2 Å². The van der Waals surface area contributed by atoms with Crippen molar-refractivity contribution in [2.45, 2.75) is 53.6 Å². The predicted octanol–water partition coefficient (Wildman–Crippen LogP) is 6.40. The highest BCUT2D eigenvalue weighted by Crippen LogP contribution is 2.41. The molecule has 8 heteroatoms. The molecular formula is C23H28F3N3O2. The first-order valence-corrected chi connectivity index (χ1v) is 10.3. The third-order valence-corrected chi connectivity index (χ3v) is 5.08. The van der Waals surface area contributed by atoms with Gasteiger partial charge in [0, 0.05) is 12.2 Å². The minimum atomic E-state index is -4.39. The Hall–Kier alpha value is -2.77. The Morgan fingerprint density at radius 1 is 1.23 bits per heavy atom. The van der Waals surface area contributed by atoms with Gasteiger partial charge in [-0.3, -0.25) is 5.32 Å². The molecule has 0 radical (unpaired) electrons. The first kappa shape index (κ1) is 22.9. The minimum Gasteiger partial charge on any atom is -0.449 e. The fraction of sp³-hybridized carbons (Fsp3) is 0.478. The highest BCUT2D eigenvalue weighted by molar-refractivity contribution is 5.87. The first-order chi connectivity index (χ1) is 14.4. The van der Waals surface area contributed by atoms with Crippen LogP contribution in [-0.4, -0.2) is 24.2 Å². The summed E-state index contributed by atoms with van der Waals surface area (Å²) in [4.78, 5) is 18.6. The summed E-state index contributed by atoms with van der Waals surface area (Å²) in [5, 5.41) is 2.74. The summed E-state index contributed by atoms with van der Waals surface area (Å²) in [5.74, 6) is 0.559. The molecule has 1 N–H and O–H groups in total. The number of alkyl halides is 3. The molecule has 0 unspecified atom stereocenters. The molecule has 1 aromatic heterocycles. The molecular weight excluding hydrogens is 407 g/mol. The van der Waals surface area contributed by atoms with E-state index < -0.39 is 17.8 Å². The SMILES string of the molecule is Cc1cc(N2CCCc3c2cccc3C(F)(F)F)nc(C)c1NC(=O)OCC(C)(C)C. The molecule has 0 fully saturated rings. The highest BCUT2D eigenvalue weighted by atomic mass is 19.4. The number of aromatic nitrogens is 1. The summed E-state index contributed by atoms with van der Waals surface area (Å²) >= 11 is 0.